The molecule has 0 aliphatic carbocycles. The van der Waals surface area contributed by atoms with Crippen LogP contribution in [0.2, 0.25) is 0 Å². The molecule has 3 rings (SSSR count). The monoisotopic (exact) mass is 443 g/mol. The Bertz CT molecular complexity index is 910. The van der Waals surface area contributed by atoms with Crippen molar-refractivity contribution in [3.05, 3.63) is 94.8 Å². The van der Waals surface area contributed by atoms with Gasteiger partial charge in [-0.05, 0) is 48.0 Å². The van der Waals surface area contributed by atoms with Crippen LogP contribution < -0.4 is 5.32 Å². The van der Waals surface area contributed by atoms with Crippen LogP contribution in [0.4, 0.5) is 5.69 Å². The highest BCUT2D eigenvalue weighted by atomic mass is 35.5. The molecule has 30 heavy (non-hydrogen) atoms. The molecule has 0 amide bonds. The van der Waals surface area contributed by atoms with Gasteiger partial charge in [0.25, 0.3) is 0 Å². The van der Waals surface area contributed by atoms with Gasteiger partial charge in [-0.15, -0.1) is 11.6 Å². The topological polar surface area (TPSA) is 45.2 Å². The molecule has 0 fully saturated rings. The maximum atomic E-state index is 9.98. The molecule has 4 nitrogen and oxygen atoms in total. The summed E-state index contributed by atoms with van der Waals surface area (Å²) in [4.78, 5) is 16.0. The SMILES string of the molecule is C=CC1=C(/C(Cl)=C\CCl)CN(C)CC1c1cccc(NC)c1.O=Cc1ccncc1. The summed E-state index contributed by atoms with van der Waals surface area (Å²) in [7, 11) is 4.04. The number of anilines is 1. The van der Waals surface area contributed by atoms with Crippen molar-refractivity contribution in [3.8, 4) is 0 Å². The number of aldehydes is 1. The number of rotatable bonds is 6. The van der Waals surface area contributed by atoms with Crippen LogP contribution in [0.3, 0.4) is 0 Å². The van der Waals surface area contributed by atoms with Gasteiger partial charge in [-0.25, -0.2) is 0 Å². The van der Waals surface area contributed by atoms with Gasteiger partial charge in [0, 0.05) is 60.6 Å². The summed E-state index contributed by atoms with van der Waals surface area (Å²) >= 11 is 12.2. The first-order valence-electron chi connectivity index (χ1n) is 9.63. The summed E-state index contributed by atoms with van der Waals surface area (Å²) in [5.41, 5.74) is 5.35. The maximum absolute atomic E-state index is 9.98. The minimum Gasteiger partial charge on any atom is -0.388 e. The molecule has 0 radical (unpaired) electrons. The Morgan fingerprint density at radius 1 is 1.33 bits per heavy atom. The number of benzene rings is 1. The molecule has 1 atom stereocenters. The molecule has 0 saturated carbocycles. The smallest absolute Gasteiger partial charge is 0.150 e. The average Bonchev–Trinajstić information content (AvgIpc) is 2.79. The molecule has 0 spiro atoms. The lowest BCUT2D eigenvalue weighted by Gasteiger charge is -2.34. The molecule has 2 aromatic rings. The number of pyridine rings is 1. The summed E-state index contributed by atoms with van der Waals surface area (Å²) in [6, 6.07) is 11.8. The van der Waals surface area contributed by atoms with Crippen LogP contribution in [0, 0.1) is 0 Å². The molecule has 1 unspecified atom stereocenters. The average molecular weight is 444 g/mol. The molecule has 1 N–H and O–H groups in total. The summed E-state index contributed by atoms with van der Waals surface area (Å²) in [5.74, 6) is 0.674. The zero-order valence-corrected chi connectivity index (χ0v) is 18.8. The zero-order chi connectivity index (χ0) is 21.9. The fourth-order valence-electron chi connectivity index (χ4n) is 3.35. The van der Waals surface area contributed by atoms with E-state index in [-0.39, 0.29) is 5.92 Å². The number of nitrogens with one attached hydrogen (secondary N) is 1. The Morgan fingerprint density at radius 3 is 2.63 bits per heavy atom. The number of nitrogens with zero attached hydrogens (tertiary/aromatic N) is 2. The fourth-order valence-corrected chi connectivity index (χ4v) is 3.83. The quantitative estimate of drug-likeness (QED) is 0.473. The van der Waals surface area contributed by atoms with Gasteiger partial charge in [-0.2, -0.15) is 0 Å². The second-order valence-corrected chi connectivity index (χ2v) is 7.58. The molecule has 0 bridgehead atoms. The number of hydrogen-bond acceptors (Lipinski definition) is 4. The Hall–Kier alpha value is -2.40. The van der Waals surface area contributed by atoms with Crippen LogP contribution in [0.1, 0.15) is 21.8 Å². The van der Waals surface area contributed by atoms with Gasteiger partial charge in [0.1, 0.15) is 6.29 Å². The van der Waals surface area contributed by atoms with Crippen molar-refractivity contribution in [2.45, 2.75) is 5.92 Å². The Labute approximate surface area is 188 Å². The van der Waals surface area contributed by atoms with E-state index in [1.54, 1.807) is 24.5 Å². The number of likely N-dealkylation sites (N-methyl/N-ethyl adjacent to an activating group) is 1. The highest BCUT2D eigenvalue weighted by molar-refractivity contribution is 6.32. The van der Waals surface area contributed by atoms with Crippen molar-refractivity contribution in [3.63, 3.8) is 0 Å². The molecular formula is C24H27Cl2N3O. The third-order valence-electron chi connectivity index (χ3n) is 4.83. The van der Waals surface area contributed by atoms with Crippen molar-refractivity contribution < 1.29 is 4.79 Å². The van der Waals surface area contributed by atoms with Gasteiger partial charge in [-0.1, -0.05) is 42.5 Å². The maximum Gasteiger partial charge on any atom is 0.150 e. The van der Waals surface area contributed by atoms with Crippen molar-refractivity contribution in [2.75, 3.05) is 38.4 Å². The molecule has 2 heterocycles. The zero-order valence-electron chi connectivity index (χ0n) is 17.3. The minimum atomic E-state index is 0.261. The Kier molecular flexibility index (Phi) is 9.81. The summed E-state index contributed by atoms with van der Waals surface area (Å²) in [5, 5.41) is 3.92. The van der Waals surface area contributed by atoms with Gasteiger partial charge in [-0.3, -0.25) is 9.78 Å². The lowest BCUT2D eigenvalue weighted by atomic mass is 9.84. The van der Waals surface area contributed by atoms with Crippen molar-refractivity contribution in [2.24, 2.45) is 0 Å². The summed E-state index contributed by atoms with van der Waals surface area (Å²) < 4.78 is 0. The molecule has 0 saturated heterocycles. The molecule has 1 aliphatic rings. The number of carbonyl (C=O) groups excluding carboxylic acids is 1. The minimum absolute atomic E-state index is 0.261. The normalized spacial score (nSPS) is 17.1. The molecule has 1 aromatic carbocycles. The van der Waals surface area contributed by atoms with E-state index in [4.69, 9.17) is 23.2 Å². The predicted molar refractivity (Wildman–Crippen MR) is 128 cm³/mol. The number of allylic oxidation sites excluding steroid dienone is 2. The third-order valence-corrected chi connectivity index (χ3v) is 5.37. The number of aromatic nitrogens is 1. The van der Waals surface area contributed by atoms with E-state index in [0.29, 0.717) is 11.4 Å². The van der Waals surface area contributed by atoms with E-state index < -0.39 is 0 Å². The molecule has 1 aromatic heterocycles. The van der Waals surface area contributed by atoms with Crippen molar-refractivity contribution in [1.29, 1.82) is 0 Å². The van der Waals surface area contributed by atoms with E-state index in [2.05, 4.69) is 53.1 Å². The van der Waals surface area contributed by atoms with Crippen LogP contribution in [0.25, 0.3) is 0 Å². The van der Waals surface area contributed by atoms with Gasteiger partial charge in [0.2, 0.25) is 0 Å². The Morgan fingerprint density at radius 2 is 2.07 bits per heavy atom. The van der Waals surface area contributed by atoms with E-state index >= 15 is 0 Å². The van der Waals surface area contributed by atoms with E-state index in [0.717, 1.165) is 35.7 Å². The first kappa shape index (κ1) is 23.9. The van der Waals surface area contributed by atoms with Crippen LogP contribution in [-0.4, -0.2) is 49.2 Å². The lowest BCUT2D eigenvalue weighted by molar-refractivity contribution is 0.112. The Balaban J connectivity index is 0.000000335. The van der Waals surface area contributed by atoms with Crippen molar-refractivity contribution >= 4 is 35.2 Å². The number of hydrogen-bond donors (Lipinski definition) is 1. The van der Waals surface area contributed by atoms with Crippen molar-refractivity contribution in [1.82, 2.24) is 9.88 Å². The fraction of sp³-hybridized carbons (Fsp3) is 0.250. The summed E-state index contributed by atoms with van der Waals surface area (Å²) in [6.45, 7) is 5.77. The van der Waals surface area contributed by atoms with Crippen LogP contribution in [0.5, 0.6) is 0 Å². The standard InChI is InChI=1S/C18H22Cl2N2.C6H5NO/c1-4-15-16(13-6-5-7-14(10-13)21-2)11-22(3)12-17(15)18(20)8-9-19;8-5-6-1-3-7-4-2-6/h4-8,10,16,21H,1,9,11-12H2,2-3H3;1-5H/b18-8+;. The van der Waals surface area contributed by atoms with Gasteiger partial charge in [0.15, 0.2) is 0 Å². The number of halogens is 2. The van der Waals surface area contributed by atoms with Gasteiger partial charge in [0.05, 0.1) is 0 Å². The highest BCUT2D eigenvalue weighted by Crippen LogP contribution is 2.36. The highest BCUT2D eigenvalue weighted by Gasteiger charge is 2.27. The van der Waals surface area contributed by atoms with E-state index in [1.165, 1.54) is 11.1 Å². The second-order valence-electron chi connectivity index (χ2n) is 6.87. The molecule has 1 aliphatic heterocycles. The summed E-state index contributed by atoms with van der Waals surface area (Å²) in [6.07, 6.45) is 7.75. The molecular weight excluding hydrogens is 417 g/mol. The third kappa shape index (κ3) is 6.56. The predicted octanol–water partition coefficient (Wildman–Crippen LogP) is 5.50. The second kappa shape index (κ2) is 12.3. The van der Waals surface area contributed by atoms with Crippen LogP contribution in [0.15, 0.2) is 83.7 Å². The lowest BCUT2D eigenvalue weighted by Crippen LogP contribution is -2.33. The van der Waals surface area contributed by atoms with Gasteiger partial charge < -0.3 is 10.2 Å². The first-order chi connectivity index (χ1) is 14.5. The molecule has 6 heteroatoms. The van der Waals surface area contributed by atoms with Crippen LogP contribution >= 0.6 is 23.2 Å². The van der Waals surface area contributed by atoms with E-state index in [9.17, 15) is 4.79 Å². The number of alkyl halides is 1. The number of carbonyl (C=O) groups is 1. The van der Waals surface area contributed by atoms with Gasteiger partial charge >= 0.3 is 0 Å². The van der Waals surface area contributed by atoms with E-state index in [1.807, 2.05) is 19.2 Å². The largest absolute Gasteiger partial charge is 0.388 e. The van der Waals surface area contributed by atoms with Crippen LogP contribution in [-0.2, 0) is 0 Å². The first-order valence-corrected chi connectivity index (χ1v) is 10.5. The molecule has 158 valence electrons.